The summed E-state index contributed by atoms with van der Waals surface area (Å²) in [5, 5.41) is 10.3. The third kappa shape index (κ3) is 2.29. The minimum Gasteiger partial charge on any atom is -0.393 e. The molecule has 4 rings (SSSR count). The molecular formula is C23H36BrFO2. The molecule has 154 valence electrons. The fourth-order valence-corrected chi connectivity index (χ4v) is 9.55. The molecule has 0 saturated heterocycles. The number of ketones is 1. The molecule has 0 bridgehead atoms. The summed E-state index contributed by atoms with van der Waals surface area (Å²) in [7, 11) is 0. The topological polar surface area (TPSA) is 37.3 Å². The molecule has 1 N–H and O–H groups in total. The summed E-state index contributed by atoms with van der Waals surface area (Å²) >= 11 is 3.85. The Balaban J connectivity index is 1.74. The van der Waals surface area contributed by atoms with E-state index in [0.29, 0.717) is 42.3 Å². The molecule has 0 heterocycles. The zero-order valence-electron chi connectivity index (χ0n) is 17.5. The fraction of sp³-hybridized carbons (Fsp3) is 0.957. The van der Waals surface area contributed by atoms with Gasteiger partial charge in [-0.2, -0.15) is 0 Å². The molecule has 4 heteroatoms. The number of halogens is 2. The first kappa shape index (κ1) is 20.3. The molecule has 4 aliphatic rings. The fourth-order valence-electron chi connectivity index (χ4n) is 8.49. The Hall–Kier alpha value is 0.0400. The Morgan fingerprint density at radius 1 is 1.07 bits per heavy atom. The van der Waals surface area contributed by atoms with E-state index in [-0.39, 0.29) is 16.2 Å². The smallest absolute Gasteiger partial charge is 0.136 e. The lowest BCUT2D eigenvalue weighted by atomic mass is 9.43. The minimum atomic E-state index is -0.930. The number of carbonyl (C=O) groups is 1. The maximum Gasteiger partial charge on any atom is 0.136 e. The molecule has 0 amide bonds. The van der Waals surface area contributed by atoms with Crippen LogP contribution in [0.2, 0.25) is 0 Å². The number of aliphatic hydroxyl groups excluding tert-OH is 1. The summed E-state index contributed by atoms with van der Waals surface area (Å²) in [6, 6.07) is 0. The summed E-state index contributed by atoms with van der Waals surface area (Å²) in [6.07, 6.45) is 4.66. The molecular weight excluding hydrogens is 407 g/mol. The van der Waals surface area contributed by atoms with Gasteiger partial charge < -0.3 is 5.11 Å². The van der Waals surface area contributed by atoms with Gasteiger partial charge in [0.15, 0.2) is 0 Å². The Bertz CT molecular complexity index is 654. The number of hydrogen-bond donors (Lipinski definition) is 1. The van der Waals surface area contributed by atoms with E-state index >= 15 is 4.39 Å². The van der Waals surface area contributed by atoms with Crippen LogP contribution in [-0.2, 0) is 4.79 Å². The lowest BCUT2D eigenvalue weighted by molar-refractivity contribution is -0.156. The Kier molecular flexibility index (Phi) is 4.54. The summed E-state index contributed by atoms with van der Waals surface area (Å²) < 4.78 is 15.1. The zero-order chi connectivity index (χ0) is 20.0. The molecule has 27 heavy (non-hydrogen) atoms. The number of aliphatic hydroxyl groups is 1. The van der Waals surface area contributed by atoms with Crippen molar-refractivity contribution in [3.8, 4) is 0 Å². The SMILES string of the molecule is CC(=O)C1(C)C(C)CC2C3CC(F)C4(Br)CC(O)CCC4(C)C3CCC21C. The van der Waals surface area contributed by atoms with Gasteiger partial charge in [-0.3, -0.25) is 4.79 Å². The summed E-state index contributed by atoms with van der Waals surface area (Å²) in [4.78, 5) is 12.7. The van der Waals surface area contributed by atoms with Crippen LogP contribution >= 0.6 is 15.9 Å². The molecule has 0 spiro atoms. The molecule has 0 aromatic rings. The van der Waals surface area contributed by atoms with Gasteiger partial charge in [-0.1, -0.05) is 43.6 Å². The van der Waals surface area contributed by atoms with Crippen LogP contribution in [0.25, 0.3) is 0 Å². The van der Waals surface area contributed by atoms with Gasteiger partial charge in [0.25, 0.3) is 0 Å². The number of carbonyl (C=O) groups excluding carboxylic acids is 1. The van der Waals surface area contributed by atoms with E-state index in [0.717, 1.165) is 32.1 Å². The van der Waals surface area contributed by atoms with E-state index < -0.39 is 16.6 Å². The third-order valence-corrected chi connectivity index (χ3v) is 12.3. The monoisotopic (exact) mass is 442 g/mol. The van der Waals surface area contributed by atoms with E-state index in [4.69, 9.17) is 0 Å². The number of alkyl halides is 2. The van der Waals surface area contributed by atoms with Gasteiger partial charge >= 0.3 is 0 Å². The van der Waals surface area contributed by atoms with Crippen molar-refractivity contribution >= 4 is 21.7 Å². The first-order chi connectivity index (χ1) is 12.4. The number of rotatable bonds is 1. The Morgan fingerprint density at radius 3 is 2.33 bits per heavy atom. The largest absolute Gasteiger partial charge is 0.393 e. The second-order valence-electron chi connectivity index (χ2n) is 11.1. The quantitative estimate of drug-likeness (QED) is 0.528. The maximum atomic E-state index is 15.7. The van der Waals surface area contributed by atoms with Crippen molar-refractivity contribution in [3.05, 3.63) is 0 Å². The first-order valence-electron chi connectivity index (χ1n) is 10.9. The van der Waals surface area contributed by atoms with E-state index in [1.165, 1.54) is 0 Å². The average molecular weight is 443 g/mol. The normalized spacial score (nSPS) is 60.3. The molecule has 10 atom stereocenters. The van der Waals surface area contributed by atoms with Crippen molar-refractivity contribution in [2.24, 2.45) is 39.9 Å². The maximum absolute atomic E-state index is 15.7. The van der Waals surface area contributed by atoms with Crippen molar-refractivity contribution in [2.45, 2.75) is 96.2 Å². The van der Waals surface area contributed by atoms with Gasteiger partial charge in [0, 0.05) is 5.41 Å². The highest BCUT2D eigenvalue weighted by Gasteiger charge is 2.70. The van der Waals surface area contributed by atoms with Gasteiger partial charge in [0.05, 0.1) is 10.4 Å². The van der Waals surface area contributed by atoms with Gasteiger partial charge in [-0.25, -0.2) is 4.39 Å². The molecule has 0 aliphatic heterocycles. The van der Waals surface area contributed by atoms with Crippen LogP contribution in [0.1, 0.15) is 79.6 Å². The molecule has 4 fully saturated rings. The predicted octanol–water partition coefficient (Wildman–Crippen LogP) is 5.70. The molecule has 2 nitrogen and oxygen atoms in total. The van der Waals surface area contributed by atoms with Crippen molar-refractivity contribution in [2.75, 3.05) is 0 Å². The van der Waals surface area contributed by atoms with Crippen LogP contribution < -0.4 is 0 Å². The molecule has 0 aromatic heterocycles. The standard InChI is InChI=1S/C23H36BrFO2/c1-13-10-18-16-11-19(25)23(24)12-15(27)6-8-21(23,4)17(16)7-9-20(18,3)22(13,5)14(2)26/h13,15-19,27H,6-12H2,1-5H3. The predicted molar refractivity (Wildman–Crippen MR) is 110 cm³/mol. The number of fused-ring (bicyclic) bond motifs is 5. The highest BCUT2D eigenvalue weighted by atomic mass is 79.9. The summed E-state index contributed by atoms with van der Waals surface area (Å²) in [6.45, 7) is 10.8. The Labute approximate surface area is 172 Å². The second kappa shape index (κ2) is 6.03. The van der Waals surface area contributed by atoms with Gasteiger partial charge in [-0.15, -0.1) is 0 Å². The van der Waals surface area contributed by atoms with Gasteiger partial charge in [-0.05, 0) is 86.4 Å². The average Bonchev–Trinajstić information content (AvgIpc) is 2.80. The van der Waals surface area contributed by atoms with E-state index in [1.807, 2.05) is 0 Å². The summed E-state index contributed by atoms with van der Waals surface area (Å²) in [5.74, 6) is 1.94. The lowest BCUT2D eigenvalue weighted by Crippen LogP contribution is -2.65. The Morgan fingerprint density at radius 2 is 1.70 bits per heavy atom. The van der Waals surface area contributed by atoms with E-state index in [1.54, 1.807) is 6.92 Å². The van der Waals surface area contributed by atoms with Gasteiger partial charge in [0.2, 0.25) is 0 Å². The van der Waals surface area contributed by atoms with Crippen LogP contribution in [0.5, 0.6) is 0 Å². The van der Waals surface area contributed by atoms with E-state index in [9.17, 15) is 9.90 Å². The molecule has 0 radical (unpaired) electrons. The molecule has 4 saturated carbocycles. The van der Waals surface area contributed by atoms with Crippen molar-refractivity contribution in [1.29, 1.82) is 0 Å². The number of hydrogen-bond acceptors (Lipinski definition) is 2. The molecule has 10 unspecified atom stereocenters. The van der Waals surface area contributed by atoms with Gasteiger partial charge in [0.1, 0.15) is 12.0 Å². The zero-order valence-corrected chi connectivity index (χ0v) is 19.1. The second-order valence-corrected chi connectivity index (χ2v) is 12.5. The summed E-state index contributed by atoms with van der Waals surface area (Å²) in [5.41, 5.74) is -0.425. The molecule has 0 aromatic carbocycles. The van der Waals surface area contributed by atoms with Crippen LogP contribution in [0, 0.1) is 39.9 Å². The molecule has 4 aliphatic carbocycles. The highest BCUT2D eigenvalue weighted by Crippen LogP contribution is 2.73. The minimum absolute atomic E-state index is 0.0179. The van der Waals surface area contributed by atoms with Crippen LogP contribution in [0.15, 0.2) is 0 Å². The third-order valence-electron chi connectivity index (χ3n) is 10.6. The first-order valence-corrected chi connectivity index (χ1v) is 11.7. The highest BCUT2D eigenvalue weighted by molar-refractivity contribution is 9.10. The lowest BCUT2D eigenvalue weighted by Gasteiger charge is -2.65. The van der Waals surface area contributed by atoms with E-state index in [2.05, 4.69) is 43.6 Å². The number of Topliss-reactive ketones (excluding diaryl/α,β-unsaturated/α-hetero) is 1. The van der Waals surface area contributed by atoms with Crippen LogP contribution in [0.4, 0.5) is 4.39 Å². The van der Waals surface area contributed by atoms with Crippen molar-refractivity contribution in [1.82, 2.24) is 0 Å². The van der Waals surface area contributed by atoms with Crippen molar-refractivity contribution < 1.29 is 14.3 Å². The van der Waals surface area contributed by atoms with Crippen molar-refractivity contribution in [3.63, 3.8) is 0 Å². The van der Waals surface area contributed by atoms with Crippen LogP contribution in [-0.4, -0.2) is 27.5 Å². The van der Waals surface area contributed by atoms with Crippen LogP contribution in [0.3, 0.4) is 0 Å².